The highest BCUT2D eigenvalue weighted by molar-refractivity contribution is 6.30. The Kier molecular flexibility index (Phi) is 5.52. The number of aromatic hydroxyl groups is 1. The first-order valence-electron chi connectivity index (χ1n) is 7.08. The van der Waals surface area contributed by atoms with Crippen molar-refractivity contribution < 1.29 is 9.84 Å². The summed E-state index contributed by atoms with van der Waals surface area (Å²) in [6.07, 6.45) is 3.82. The zero-order valence-electron chi connectivity index (χ0n) is 12.2. The molecule has 0 aliphatic carbocycles. The van der Waals surface area contributed by atoms with Gasteiger partial charge in [-0.3, -0.25) is 0 Å². The van der Waals surface area contributed by atoms with Gasteiger partial charge in [0.25, 0.3) is 0 Å². The van der Waals surface area contributed by atoms with Crippen molar-refractivity contribution in [3.05, 3.63) is 22.7 Å². The molecule has 1 fully saturated rings. The fraction of sp³-hybridized carbons (Fsp3) is 0.600. The van der Waals surface area contributed by atoms with E-state index in [1.807, 2.05) is 0 Å². The Morgan fingerprint density at radius 2 is 2.25 bits per heavy atom. The lowest BCUT2D eigenvalue weighted by molar-refractivity contribution is 0.181. The van der Waals surface area contributed by atoms with Crippen LogP contribution >= 0.6 is 11.6 Å². The van der Waals surface area contributed by atoms with E-state index in [0.717, 1.165) is 12.1 Å². The third kappa shape index (κ3) is 3.78. The molecule has 5 heteroatoms. The van der Waals surface area contributed by atoms with Crippen molar-refractivity contribution in [1.82, 2.24) is 10.2 Å². The lowest BCUT2D eigenvalue weighted by Crippen LogP contribution is -2.42. The maximum absolute atomic E-state index is 10.1. The molecule has 112 valence electrons. The lowest BCUT2D eigenvalue weighted by atomic mass is 10.0. The lowest BCUT2D eigenvalue weighted by Gasteiger charge is -2.32. The molecule has 1 aliphatic rings. The minimum Gasteiger partial charge on any atom is -0.504 e. The van der Waals surface area contributed by atoms with Crippen LogP contribution in [0.4, 0.5) is 0 Å². The number of hydrogen-bond donors (Lipinski definition) is 2. The van der Waals surface area contributed by atoms with E-state index in [0.29, 0.717) is 23.4 Å². The maximum atomic E-state index is 10.1. The Hall–Kier alpha value is -0.970. The average Bonchev–Trinajstić information content (AvgIpc) is 2.44. The number of likely N-dealkylation sites (N-methyl/N-ethyl adjacent to an activating group) is 1. The largest absolute Gasteiger partial charge is 0.504 e. The van der Waals surface area contributed by atoms with Gasteiger partial charge in [-0.05, 0) is 32.5 Å². The standard InChI is InChI=1S/C15H23ClN2O2/c1-18-6-4-3-5-13(18)10-17-9-11-7-12(16)8-14(20-2)15(11)19/h7-8,13,17,19H,3-6,9-10H2,1-2H3. The van der Waals surface area contributed by atoms with Crippen LogP contribution in [-0.2, 0) is 6.54 Å². The van der Waals surface area contributed by atoms with Gasteiger partial charge in [0.1, 0.15) is 0 Å². The number of methoxy groups -OCH3 is 1. The number of piperidine rings is 1. The molecule has 1 unspecified atom stereocenters. The van der Waals surface area contributed by atoms with Crippen molar-refractivity contribution in [3.8, 4) is 11.5 Å². The van der Waals surface area contributed by atoms with E-state index in [-0.39, 0.29) is 5.75 Å². The van der Waals surface area contributed by atoms with Crippen molar-refractivity contribution in [2.45, 2.75) is 31.8 Å². The number of phenols is 1. The molecule has 4 nitrogen and oxygen atoms in total. The van der Waals surface area contributed by atoms with E-state index in [2.05, 4.69) is 17.3 Å². The molecule has 0 amide bonds. The molecule has 0 aromatic heterocycles. The van der Waals surface area contributed by atoms with Gasteiger partial charge >= 0.3 is 0 Å². The van der Waals surface area contributed by atoms with Gasteiger partial charge in [-0.1, -0.05) is 18.0 Å². The first-order chi connectivity index (χ1) is 9.61. The third-order valence-corrected chi connectivity index (χ3v) is 4.17. The summed E-state index contributed by atoms with van der Waals surface area (Å²) >= 11 is 6.02. The van der Waals surface area contributed by atoms with Crippen molar-refractivity contribution >= 4 is 11.6 Å². The van der Waals surface area contributed by atoms with Crippen LogP contribution in [0.15, 0.2) is 12.1 Å². The molecule has 1 atom stereocenters. The number of benzene rings is 1. The summed E-state index contributed by atoms with van der Waals surface area (Å²) < 4.78 is 5.11. The van der Waals surface area contributed by atoms with Crippen molar-refractivity contribution in [1.29, 1.82) is 0 Å². The second-order valence-electron chi connectivity index (χ2n) is 5.38. The van der Waals surface area contributed by atoms with Crippen LogP contribution in [0.5, 0.6) is 11.5 Å². The molecule has 1 saturated heterocycles. The zero-order chi connectivity index (χ0) is 14.5. The monoisotopic (exact) mass is 298 g/mol. The highest BCUT2D eigenvalue weighted by Gasteiger charge is 2.18. The predicted octanol–water partition coefficient (Wildman–Crippen LogP) is 2.63. The van der Waals surface area contributed by atoms with E-state index >= 15 is 0 Å². The molecule has 1 heterocycles. The number of likely N-dealkylation sites (tertiary alicyclic amines) is 1. The molecule has 0 spiro atoms. The number of phenolic OH excluding ortho intramolecular Hbond substituents is 1. The molecule has 0 saturated carbocycles. The zero-order valence-corrected chi connectivity index (χ0v) is 12.9. The SMILES string of the molecule is COc1cc(Cl)cc(CNCC2CCCCN2C)c1O. The van der Waals surface area contributed by atoms with E-state index in [9.17, 15) is 5.11 Å². The normalized spacial score (nSPS) is 20.1. The van der Waals surface area contributed by atoms with Gasteiger partial charge in [0.15, 0.2) is 11.5 Å². The number of halogens is 1. The smallest absolute Gasteiger partial charge is 0.162 e. The third-order valence-electron chi connectivity index (χ3n) is 3.96. The summed E-state index contributed by atoms with van der Waals surface area (Å²) in [6, 6.07) is 3.97. The van der Waals surface area contributed by atoms with Crippen LogP contribution in [0.1, 0.15) is 24.8 Å². The van der Waals surface area contributed by atoms with Gasteiger partial charge < -0.3 is 20.1 Å². The number of rotatable bonds is 5. The highest BCUT2D eigenvalue weighted by atomic mass is 35.5. The van der Waals surface area contributed by atoms with Crippen molar-refractivity contribution in [2.75, 3.05) is 27.2 Å². The summed E-state index contributed by atoms with van der Waals surface area (Å²) in [4.78, 5) is 2.40. The molecule has 0 bridgehead atoms. The summed E-state index contributed by atoms with van der Waals surface area (Å²) in [7, 11) is 3.70. The maximum Gasteiger partial charge on any atom is 0.162 e. The van der Waals surface area contributed by atoms with Crippen LogP contribution < -0.4 is 10.1 Å². The van der Waals surface area contributed by atoms with Gasteiger partial charge in [0, 0.05) is 35.8 Å². The first kappa shape index (κ1) is 15.4. The van der Waals surface area contributed by atoms with E-state index in [1.165, 1.54) is 32.9 Å². The van der Waals surface area contributed by atoms with Crippen LogP contribution in [-0.4, -0.2) is 43.3 Å². The number of ether oxygens (including phenoxy) is 1. The summed E-state index contributed by atoms with van der Waals surface area (Å²) in [5.74, 6) is 0.588. The molecule has 1 aliphatic heterocycles. The minimum atomic E-state index is 0.168. The summed E-state index contributed by atoms with van der Waals surface area (Å²) in [5.41, 5.74) is 0.771. The highest BCUT2D eigenvalue weighted by Crippen LogP contribution is 2.33. The number of hydrogen-bond acceptors (Lipinski definition) is 4. The Bertz CT molecular complexity index is 454. The molecule has 2 N–H and O–H groups in total. The van der Waals surface area contributed by atoms with E-state index < -0.39 is 0 Å². The minimum absolute atomic E-state index is 0.168. The van der Waals surface area contributed by atoms with Gasteiger partial charge in [-0.15, -0.1) is 0 Å². The molecule has 20 heavy (non-hydrogen) atoms. The molecule has 1 aromatic rings. The van der Waals surface area contributed by atoms with Gasteiger partial charge in [0.05, 0.1) is 7.11 Å². The first-order valence-corrected chi connectivity index (χ1v) is 7.46. The Labute approximate surface area is 125 Å². The summed E-state index contributed by atoms with van der Waals surface area (Å²) in [5, 5.41) is 14.0. The number of nitrogens with zero attached hydrogens (tertiary/aromatic N) is 1. The van der Waals surface area contributed by atoms with Gasteiger partial charge in [-0.25, -0.2) is 0 Å². The number of nitrogens with one attached hydrogen (secondary N) is 1. The summed E-state index contributed by atoms with van der Waals surface area (Å²) in [6.45, 7) is 2.68. The van der Waals surface area contributed by atoms with E-state index in [4.69, 9.17) is 16.3 Å². The second-order valence-corrected chi connectivity index (χ2v) is 5.81. The molecular weight excluding hydrogens is 276 g/mol. The topological polar surface area (TPSA) is 44.7 Å². The van der Waals surface area contributed by atoms with Gasteiger partial charge in [-0.2, -0.15) is 0 Å². The van der Waals surface area contributed by atoms with E-state index in [1.54, 1.807) is 12.1 Å². The Morgan fingerprint density at radius 3 is 2.95 bits per heavy atom. The molecule has 0 radical (unpaired) electrons. The fourth-order valence-electron chi connectivity index (χ4n) is 2.69. The quantitative estimate of drug-likeness (QED) is 0.877. The van der Waals surface area contributed by atoms with Crippen LogP contribution in [0.3, 0.4) is 0 Å². The predicted molar refractivity (Wildman–Crippen MR) is 81.6 cm³/mol. The fourth-order valence-corrected chi connectivity index (χ4v) is 2.92. The van der Waals surface area contributed by atoms with Crippen LogP contribution in [0.2, 0.25) is 5.02 Å². The second kappa shape index (κ2) is 7.16. The molecular formula is C15H23ClN2O2. The van der Waals surface area contributed by atoms with Crippen LogP contribution in [0.25, 0.3) is 0 Å². The van der Waals surface area contributed by atoms with Crippen molar-refractivity contribution in [2.24, 2.45) is 0 Å². The van der Waals surface area contributed by atoms with Gasteiger partial charge in [0.2, 0.25) is 0 Å². The average molecular weight is 299 g/mol. The molecule has 1 aromatic carbocycles. The van der Waals surface area contributed by atoms with Crippen molar-refractivity contribution in [3.63, 3.8) is 0 Å². The molecule has 2 rings (SSSR count). The van der Waals surface area contributed by atoms with Crippen LogP contribution in [0, 0.1) is 0 Å². The Morgan fingerprint density at radius 1 is 1.45 bits per heavy atom. The Balaban J connectivity index is 1.92.